The number of piperazine rings is 1. The van der Waals surface area contributed by atoms with Crippen molar-refractivity contribution < 1.29 is 19.4 Å². The Labute approximate surface area is 129 Å². The third-order valence-corrected chi connectivity index (χ3v) is 3.38. The first kappa shape index (κ1) is 15.6. The SMILES string of the molecule is O=C(O)COCC(=O)N1CCN(c2ncc(Br)cn2)CC1. The molecule has 1 aliphatic heterocycles. The molecule has 0 unspecified atom stereocenters. The lowest BCUT2D eigenvalue weighted by Crippen LogP contribution is -2.50. The Hall–Kier alpha value is -1.74. The summed E-state index contributed by atoms with van der Waals surface area (Å²) in [6.45, 7) is 1.67. The third-order valence-electron chi connectivity index (χ3n) is 2.97. The van der Waals surface area contributed by atoms with Gasteiger partial charge in [0.15, 0.2) is 0 Å². The van der Waals surface area contributed by atoms with Crippen molar-refractivity contribution in [2.75, 3.05) is 44.3 Å². The normalized spacial score (nSPS) is 15.1. The molecule has 0 saturated carbocycles. The molecule has 1 saturated heterocycles. The zero-order valence-corrected chi connectivity index (χ0v) is 12.8. The first-order valence-corrected chi connectivity index (χ1v) is 7.15. The van der Waals surface area contributed by atoms with Gasteiger partial charge in [0.25, 0.3) is 0 Å². The minimum Gasteiger partial charge on any atom is -0.480 e. The number of amides is 1. The van der Waals surface area contributed by atoms with Crippen LogP contribution in [-0.4, -0.2) is 71.2 Å². The molecular formula is C12H15BrN4O4. The number of carbonyl (C=O) groups excluding carboxylic acids is 1. The van der Waals surface area contributed by atoms with Crippen LogP contribution < -0.4 is 4.90 Å². The summed E-state index contributed by atoms with van der Waals surface area (Å²) in [5, 5.41) is 8.44. The predicted octanol–water partition coefficient (Wildman–Crippen LogP) is -0.0111. The minimum absolute atomic E-state index is 0.201. The van der Waals surface area contributed by atoms with Gasteiger partial charge in [-0.2, -0.15) is 0 Å². The average Bonchev–Trinajstić information content (AvgIpc) is 2.48. The number of aromatic nitrogens is 2. The van der Waals surface area contributed by atoms with Crippen molar-refractivity contribution >= 4 is 33.8 Å². The van der Waals surface area contributed by atoms with E-state index in [2.05, 4.69) is 25.9 Å². The van der Waals surface area contributed by atoms with E-state index in [1.807, 2.05) is 4.90 Å². The third kappa shape index (κ3) is 4.64. The molecule has 0 aliphatic carbocycles. The Morgan fingerprint density at radius 2 is 1.81 bits per heavy atom. The molecule has 1 aromatic rings. The fraction of sp³-hybridized carbons (Fsp3) is 0.500. The van der Waals surface area contributed by atoms with E-state index < -0.39 is 12.6 Å². The molecule has 0 radical (unpaired) electrons. The molecule has 0 atom stereocenters. The average molecular weight is 359 g/mol. The molecule has 2 rings (SSSR count). The van der Waals surface area contributed by atoms with Crippen molar-refractivity contribution in [3.63, 3.8) is 0 Å². The maximum Gasteiger partial charge on any atom is 0.329 e. The standard InChI is InChI=1S/C12H15BrN4O4/c13-9-5-14-12(15-6-9)17-3-1-16(2-4-17)10(18)7-21-8-11(19)20/h5-6H,1-4,7-8H2,(H,19,20). The molecule has 0 spiro atoms. The number of carboxylic acids is 1. The number of aliphatic carboxylic acids is 1. The molecule has 1 aromatic heterocycles. The summed E-state index contributed by atoms with van der Waals surface area (Å²) >= 11 is 3.28. The number of carboxylic acid groups (broad SMARTS) is 1. The first-order chi connectivity index (χ1) is 10.1. The van der Waals surface area contributed by atoms with E-state index in [1.54, 1.807) is 17.3 Å². The molecule has 1 N–H and O–H groups in total. The number of hydrogen-bond donors (Lipinski definition) is 1. The number of anilines is 1. The lowest BCUT2D eigenvalue weighted by Gasteiger charge is -2.34. The molecule has 1 amide bonds. The number of rotatable bonds is 5. The summed E-state index contributed by atoms with van der Waals surface area (Å²) in [7, 11) is 0. The summed E-state index contributed by atoms with van der Waals surface area (Å²) in [5.41, 5.74) is 0. The van der Waals surface area contributed by atoms with Crippen LogP contribution >= 0.6 is 15.9 Å². The smallest absolute Gasteiger partial charge is 0.329 e. The Morgan fingerprint density at radius 1 is 1.19 bits per heavy atom. The van der Waals surface area contributed by atoms with Crippen LogP contribution in [0, 0.1) is 0 Å². The van der Waals surface area contributed by atoms with Crippen molar-refractivity contribution in [2.45, 2.75) is 0 Å². The van der Waals surface area contributed by atoms with Crippen LogP contribution in [-0.2, 0) is 14.3 Å². The highest BCUT2D eigenvalue weighted by Crippen LogP contribution is 2.13. The van der Waals surface area contributed by atoms with Gasteiger partial charge in [-0.3, -0.25) is 4.79 Å². The Balaban J connectivity index is 1.78. The van der Waals surface area contributed by atoms with Gasteiger partial charge in [-0.05, 0) is 15.9 Å². The van der Waals surface area contributed by atoms with E-state index in [4.69, 9.17) is 9.84 Å². The van der Waals surface area contributed by atoms with Crippen LogP contribution in [0.4, 0.5) is 5.95 Å². The van der Waals surface area contributed by atoms with Crippen LogP contribution in [0.5, 0.6) is 0 Å². The topological polar surface area (TPSA) is 95.9 Å². The highest BCUT2D eigenvalue weighted by molar-refractivity contribution is 9.10. The van der Waals surface area contributed by atoms with Gasteiger partial charge in [-0.25, -0.2) is 14.8 Å². The summed E-state index contributed by atoms with van der Waals surface area (Å²) < 4.78 is 5.62. The molecule has 8 nitrogen and oxygen atoms in total. The van der Waals surface area contributed by atoms with E-state index in [-0.39, 0.29) is 12.5 Å². The van der Waals surface area contributed by atoms with E-state index in [0.717, 1.165) is 4.47 Å². The van der Waals surface area contributed by atoms with Crippen LogP contribution in [0.3, 0.4) is 0 Å². The molecule has 0 aromatic carbocycles. The lowest BCUT2D eigenvalue weighted by atomic mass is 10.3. The maximum absolute atomic E-state index is 11.8. The number of hydrogen-bond acceptors (Lipinski definition) is 6. The van der Waals surface area contributed by atoms with Crippen molar-refractivity contribution in [1.29, 1.82) is 0 Å². The van der Waals surface area contributed by atoms with Gasteiger partial charge in [-0.1, -0.05) is 0 Å². The molecule has 9 heteroatoms. The quantitative estimate of drug-likeness (QED) is 0.790. The Kier molecular flexibility index (Phi) is 5.45. The zero-order chi connectivity index (χ0) is 15.2. The first-order valence-electron chi connectivity index (χ1n) is 6.36. The highest BCUT2D eigenvalue weighted by atomic mass is 79.9. The van der Waals surface area contributed by atoms with E-state index in [1.165, 1.54) is 0 Å². The minimum atomic E-state index is -1.08. The van der Waals surface area contributed by atoms with Gasteiger partial charge >= 0.3 is 5.97 Å². The Bertz CT molecular complexity index is 502. The van der Waals surface area contributed by atoms with Gasteiger partial charge in [0, 0.05) is 38.6 Å². The zero-order valence-electron chi connectivity index (χ0n) is 11.2. The van der Waals surface area contributed by atoms with Crippen LogP contribution in [0.2, 0.25) is 0 Å². The van der Waals surface area contributed by atoms with Gasteiger partial charge in [0.2, 0.25) is 11.9 Å². The van der Waals surface area contributed by atoms with Crippen molar-refractivity contribution in [3.8, 4) is 0 Å². The number of ether oxygens (including phenoxy) is 1. The number of nitrogens with zero attached hydrogens (tertiary/aromatic N) is 4. The van der Waals surface area contributed by atoms with E-state index in [9.17, 15) is 9.59 Å². The van der Waals surface area contributed by atoms with Gasteiger partial charge in [0.05, 0.1) is 4.47 Å². The van der Waals surface area contributed by atoms with Crippen LogP contribution in [0.25, 0.3) is 0 Å². The number of carbonyl (C=O) groups is 2. The maximum atomic E-state index is 11.8. The molecule has 0 bridgehead atoms. The fourth-order valence-corrected chi connectivity index (χ4v) is 2.15. The second-order valence-corrected chi connectivity index (χ2v) is 5.37. The van der Waals surface area contributed by atoms with Crippen molar-refractivity contribution in [2.24, 2.45) is 0 Å². The molecular weight excluding hydrogens is 344 g/mol. The summed E-state index contributed by atoms with van der Waals surface area (Å²) in [5.74, 6) is -0.653. The van der Waals surface area contributed by atoms with E-state index >= 15 is 0 Å². The number of halogens is 1. The monoisotopic (exact) mass is 358 g/mol. The molecule has 1 aliphatic rings. The highest BCUT2D eigenvalue weighted by Gasteiger charge is 2.22. The second kappa shape index (κ2) is 7.32. The van der Waals surface area contributed by atoms with Gasteiger partial charge < -0.3 is 19.6 Å². The van der Waals surface area contributed by atoms with Crippen molar-refractivity contribution in [3.05, 3.63) is 16.9 Å². The van der Waals surface area contributed by atoms with Crippen LogP contribution in [0.1, 0.15) is 0 Å². The van der Waals surface area contributed by atoms with Crippen LogP contribution in [0.15, 0.2) is 16.9 Å². The van der Waals surface area contributed by atoms with Gasteiger partial charge in [0.1, 0.15) is 13.2 Å². The largest absolute Gasteiger partial charge is 0.480 e. The molecule has 2 heterocycles. The lowest BCUT2D eigenvalue weighted by molar-refractivity contribution is -0.145. The fourth-order valence-electron chi connectivity index (χ4n) is 1.94. The van der Waals surface area contributed by atoms with E-state index in [0.29, 0.717) is 32.1 Å². The van der Waals surface area contributed by atoms with Crippen molar-refractivity contribution in [1.82, 2.24) is 14.9 Å². The molecule has 1 fully saturated rings. The summed E-state index contributed by atoms with van der Waals surface area (Å²) in [6.07, 6.45) is 3.36. The predicted molar refractivity (Wildman–Crippen MR) is 77.0 cm³/mol. The Morgan fingerprint density at radius 3 is 2.38 bits per heavy atom. The summed E-state index contributed by atoms with van der Waals surface area (Å²) in [4.78, 5) is 34.2. The van der Waals surface area contributed by atoms with Gasteiger partial charge in [-0.15, -0.1) is 0 Å². The summed E-state index contributed by atoms with van der Waals surface area (Å²) in [6, 6.07) is 0. The second-order valence-electron chi connectivity index (χ2n) is 4.46. The molecule has 114 valence electrons. The molecule has 21 heavy (non-hydrogen) atoms.